The number of carbonyl (C=O) groups excluding carboxylic acids is 1. The number of aryl methyl sites for hydroxylation is 2. The molecule has 1 aliphatic rings. The Kier molecular flexibility index (Phi) is 4.93. The molecular weight excluding hydrogens is 356 g/mol. The number of hydrogen-bond acceptors (Lipinski definition) is 5. The lowest BCUT2D eigenvalue weighted by atomic mass is 9.95. The van der Waals surface area contributed by atoms with Crippen molar-refractivity contribution < 1.29 is 4.79 Å². The molecule has 146 valence electrons. The van der Waals surface area contributed by atoms with Gasteiger partial charge in [0, 0.05) is 6.04 Å². The van der Waals surface area contributed by atoms with Crippen molar-refractivity contribution in [3.63, 3.8) is 0 Å². The number of carbonyl (C=O) groups is 1. The SMILES string of the molecule is Cc1ccc(-n2ncc3c(=O)n(CC(=O)NC4CCCCC4)nnc32)cc1C. The third kappa shape index (κ3) is 3.54. The van der Waals surface area contributed by atoms with Crippen molar-refractivity contribution in [3.8, 4) is 5.69 Å². The van der Waals surface area contributed by atoms with Gasteiger partial charge in [-0.25, -0.2) is 9.36 Å². The van der Waals surface area contributed by atoms with E-state index in [9.17, 15) is 9.59 Å². The van der Waals surface area contributed by atoms with E-state index in [0.29, 0.717) is 11.0 Å². The second-order valence-electron chi connectivity index (χ2n) is 7.52. The number of aromatic nitrogens is 5. The van der Waals surface area contributed by atoms with Gasteiger partial charge in [-0.2, -0.15) is 5.10 Å². The highest BCUT2D eigenvalue weighted by molar-refractivity contribution is 5.77. The fraction of sp³-hybridized carbons (Fsp3) is 0.450. The monoisotopic (exact) mass is 380 g/mol. The zero-order chi connectivity index (χ0) is 19.7. The molecule has 0 spiro atoms. The molecule has 8 nitrogen and oxygen atoms in total. The zero-order valence-electron chi connectivity index (χ0n) is 16.2. The van der Waals surface area contributed by atoms with Crippen LogP contribution in [0.2, 0.25) is 0 Å². The number of nitrogens with one attached hydrogen (secondary N) is 1. The minimum Gasteiger partial charge on any atom is -0.352 e. The third-order valence-electron chi connectivity index (χ3n) is 5.45. The summed E-state index contributed by atoms with van der Waals surface area (Å²) in [4.78, 5) is 25.1. The Morgan fingerprint density at radius 3 is 2.71 bits per heavy atom. The molecule has 0 radical (unpaired) electrons. The van der Waals surface area contributed by atoms with Crippen LogP contribution in [0.1, 0.15) is 43.2 Å². The number of fused-ring (bicyclic) bond motifs is 1. The minimum atomic E-state index is -0.362. The van der Waals surface area contributed by atoms with Crippen LogP contribution in [0.25, 0.3) is 16.7 Å². The average molecular weight is 380 g/mol. The smallest absolute Gasteiger partial charge is 0.281 e. The number of amides is 1. The molecule has 2 aromatic heterocycles. The van der Waals surface area contributed by atoms with Crippen LogP contribution in [-0.2, 0) is 11.3 Å². The van der Waals surface area contributed by atoms with Crippen LogP contribution in [-0.4, -0.2) is 36.7 Å². The lowest BCUT2D eigenvalue weighted by Gasteiger charge is -2.22. The topological polar surface area (TPSA) is 94.7 Å². The molecule has 0 aliphatic heterocycles. The quantitative estimate of drug-likeness (QED) is 0.747. The van der Waals surface area contributed by atoms with Crippen LogP contribution < -0.4 is 10.9 Å². The highest BCUT2D eigenvalue weighted by atomic mass is 16.2. The van der Waals surface area contributed by atoms with Gasteiger partial charge in [0.05, 0.1) is 11.9 Å². The van der Waals surface area contributed by atoms with Crippen molar-refractivity contribution in [2.45, 2.75) is 58.5 Å². The fourth-order valence-corrected chi connectivity index (χ4v) is 3.67. The Morgan fingerprint density at radius 1 is 1.18 bits per heavy atom. The van der Waals surface area contributed by atoms with Gasteiger partial charge >= 0.3 is 0 Å². The van der Waals surface area contributed by atoms with E-state index in [2.05, 4.69) is 20.7 Å². The van der Waals surface area contributed by atoms with Crippen LogP contribution in [0.5, 0.6) is 0 Å². The van der Waals surface area contributed by atoms with Gasteiger partial charge in [-0.3, -0.25) is 9.59 Å². The van der Waals surface area contributed by atoms with Gasteiger partial charge in [-0.15, -0.1) is 5.10 Å². The number of hydrogen-bond donors (Lipinski definition) is 1. The largest absolute Gasteiger partial charge is 0.352 e. The summed E-state index contributed by atoms with van der Waals surface area (Å²) in [6.07, 6.45) is 6.96. The normalized spacial score (nSPS) is 15.1. The molecular formula is C20H24N6O2. The van der Waals surface area contributed by atoms with E-state index < -0.39 is 0 Å². The Morgan fingerprint density at radius 2 is 1.96 bits per heavy atom. The van der Waals surface area contributed by atoms with E-state index in [1.54, 1.807) is 4.68 Å². The summed E-state index contributed by atoms with van der Waals surface area (Å²) in [5.74, 6) is -0.204. The lowest BCUT2D eigenvalue weighted by molar-refractivity contribution is -0.122. The second kappa shape index (κ2) is 7.53. The molecule has 1 aliphatic carbocycles. The van der Waals surface area contributed by atoms with Gasteiger partial charge in [0.25, 0.3) is 5.56 Å². The number of nitrogens with zero attached hydrogens (tertiary/aromatic N) is 5. The van der Waals surface area contributed by atoms with Gasteiger partial charge in [0.2, 0.25) is 5.91 Å². The maximum absolute atomic E-state index is 12.7. The first kappa shape index (κ1) is 18.3. The number of rotatable bonds is 4. The van der Waals surface area contributed by atoms with E-state index in [4.69, 9.17) is 0 Å². The summed E-state index contributed by atoms with van der Waals surface area (Å²) >= 11 is 0. The van der Waals surface area contributed by atoms with E-state index in [1.165, 1.54) is 18.2 Å². The molecule has 8 heteroatoms. The summed E-state index contributed by atoms with van der Waals surface area (Å²) in [6, 6.07) is 6.12. The fourth-order valence-electron chi connectivity index (χ4n) is 3.67. The highest BCUT2D eigenvalue weighted by Crippen LogP contribution is 2.18. The molecule has 0 atom stereocenters. The Bertz CT molecular complexity index is 1080. The molecule has 0 saturated heterocycles. The van der Waals surface area contributed by atoms with Crippen LogP contribution in [0, 0.1) is 13.8 Å². The second-order valence-corrected chi connectivity index (χ2v) is 7.52. The molecule has 4 rings (SSSR count). The molecule has 1 N–H and O–H groups in total. The maximum atomic E-state index is 12.7. The van der Waals surface area contributed by atoms with E-state index >= 15 is 0 Å². The molecule has 3 aromatic rings. The van der Waals surface area contributed by atoms with Crippen molar-refractivity contribution in [1.29, 1.82) is 0 Å². The standard InChI is InChI=1S/C20H24N6O2/c1-13-8-9-16(10-14(13)2)26-19-17(11-21-26)20(28)25(24-23-19)12-18(27)22-15-6-4-3-5-7-15/h8-11,15H,3-7,12H2,1-2H3,(H,22,27). The van der Waals surface area contributed by atoms with Gasteiger partial charge in [0.15, 0.2) is 5.65 Å². The minimum absolute atomic E-state index is 0.132. The molecule has 1 aromatic carbocycles. The zero-order valence-corrected chi connectivity index (χ0v) is 16.2. The molecule has 0 unspecified atom stereocenters. The van der Waals surface area contributed by atoms with Crippen molar-refractivity contribution in [3.05, 3.63) is 45.9 Å². The number of benzene rings is 1. The first-order chi connectivity index (χ1) is 13.5. The van der Waals surface area contributed by atoms with E-state index in [0.717, 1.165) is 41.6 Å². The Balaban J connectivity index is 1.58. The first-order valence-electron chi connectivity index (χ1n) is 9.71. The van der Waals surface area contributed by atoms with Gasteiger partial charge < -0.3 is 5.32 Å². The van der Waals surface area contributed by atoms with Gasteiger partial charge in [-0.1, -0.05) is 30.5 Å². The molecule has 0 bridgehead atoms. The van der Waals surface area contributed by atoms with Crippen LogP contribution in [0.3, 0.4) is 0 Å². The van der Waals surface area contributed by atoms with Gasteiger partial charge in [-0.05, 0) is 49.9 Å². The van der Waals surface area contributed by atoms with E-state index in [1.807, 2.05) is 32.0 Å². The van der Waals surface area contributed by atoms with E-state index in [-0.39, 0.29) is 24.1 Å². The molecule has 1 saturated carbocycles. The first-order valence-corrected chi connectivity index (χ1v) is 9.71. The van der Waals surface area contributed by atoms with Crippen molar-refractivity contribution in [2.24, 2.45) is 0 Å². The summed E-state index contributed by atoms with van der Waals surface area (Å²) < 4.78 is 2.70. The predicted octanol–water partition coefficient (Wildman–Crippen LogP) is 2.04. The third-order valence-corrected chi connectivity index (χ3v) is 5.45. The molecule has 1 amide bonds. The lowest BCUT2D eigenvalue weighted by Crippen LogP contribution is -2.40. The summed E-state index contributed by atoms with van der Waals surface area (Å²) in [5, 5.41) is 15.8. The summed E-state index contributed by atoms with van der Waals surface area (Å²) in [6.45, 7) is 3.93. The summed E-state index contributed by atoms with van der Waals surface area (Å²) in [7, 11) is 0. The Hall–Kier alpha value is -3.03. The maximum Gasteiger partial charge on any atom is 0.281 e. The van der Waals surface area contributed by atoms with Crippen molar-refractivity contribution in [2.75, 3.05) is 0 Å². The van der Waals surface area contributed by atoms with Crippen LogP contribution >= 0.6 is 0 Å². The molecule has 2 heterocycles. The molecule has 28 heavy (non-hydrogen) atoms. The van der Waals surface area contributed by atoms with Gasteiger partial charge in [0.1, 0.15) is 11.9 Å². The highest BCUT2D eigenvalue weighted by Gasteiger charge is 2.18. The van der Waals surface area contributed by atoms with Crippen LogP contribution in [0.15, 0.2) is 29.2 Å². The van der Waals surface area contributed by atoms with Crippen molar-refractivity contribution in [1.82, 2.24) is 30.1 Å². The predicted molar refractivity (Wildman–Crippen MR) is 105 cm³/mol. The van der Waals surface area contributed by atoms with Crippen LogP contribution in [0.4, 0.5) is 0 Å². The van der Waals surface area contributed by atoms with Crippen molar-refractivity contribution >= 4 is 16.9 Å². The Labute approximate surface area is 162 Å². The molecule has 1 fully saturated rings. The average Bonchev–Trinajstić information content (AvgIpc) is 3.12. The summed E-state index contributed by atoms with van der Waals surface area (Å²) in [5.41, 5.74) is 3.15.